The van der Waals surface area contributed by atoms with Crippen molar-refractivity contribution in [1.29, 1.82) is 0 Å². The number of anilines is 1. The second-order valence-corrected chi connectivity index (χ2v) is 9.41. The van der Waals surface area contributed by atoms with Gasteiger partial charge in [0.1, 0.15) is 5.82 Å². The van der Waals surface area contributed by atoms with Crippen molar-refractivity contribution in [3.05, 3.63) is 112 Å². The number of rotatable bonds is 4. The van der Waals surface area contributed by atoms with E-state index in [2.05, 4.69) is 67.7 Å². The molecule has 1 aliphatic heterocycles. The highest BCUT2D eigenvalue weighted by Crippen LogP contribution is 2.43. The Hall–Kier alpha value is -3.03. The molecule has 1 fully saturated rings. The molecule has 0 radical (unpaired) electrons. The largest absolute Gasteiger partial charge is 0.351 e. The minimum atomic E-state index is -0.247. The van der Waals surface area contributed by atoms with Crippen LogP contribution in [-0.4, -0.2) is 14.7 Å². The van der Waals surface area contributed by atoms with Gasteiger partial charge in [-0.1, -0.05) is 22.0 Å². The van der Waals surface area contributed by atoms with Crippen molar-refractivity contribution in [2.24, 2.45) is 0 Å². The predicted octanol–water partition coefficient (Wildman–Crippen LogP) is 6.57. The minimum Gasteiger partial charge on any atom is -0.351 e. The lowest BCUT2D eigenvalue weighted by atomic mass is 9.96. The Bertz CT molecular complexity index is 1300. The summed E-state index contributed by atoms with van der Waals surface area (Å²) in [6, 6.07) is 22.7. The van der Waals surface area contributed by atoms with Gasteiger partial charge in [-0.15, -0.1) is 0 Å². The molecule has 2 atom stereocenters. The fraction of sp³-hybridized carbons (Fsp3) is 0.154. The van der Waals surface area contributed by atoms with Gasteiger partial charge >= 0.3 is 0 Å². The van der Waals surface area contributed by atoms with Crippen LogP contribution in [0.3, 0.4) is 0 Å². The van der Waals surface area contributed by atoms with Crippen molar-refractivity contribution in [3.63, 3.8) is 0 Å². The van der Waals surface area contributed by atoms with E-state index < -0.39 is 0 Å². The van der Waals surface area contributed by atoms with Gasteiger partial charge in [0, 0.05) is 33.4 Å². The molecule has 2 aromatic heterocycles. The third kappa shape index (κ3) is 3.96. The average molecular weight is 521 g/mol. The summed E-state index contributed by atoms with van der Waals surface area (Å²) in [5, 5.41) is 4.17. The van der Waals surface area contributed by atoms with E-state index in [9.17, 15) is 4.39 Å². The summed E-state index contributed by atoms with van der Waals surface area (Å²) in [6.07, 6.45) is 1.81. The predicted molar refractivity (Wildman–Crippen MR) is 137 cm³/mol. The Labute approximate surface area is 206 Å². The summed E-state index contributed by atoms with van der Waals surface area (Å²) in [5.74, 6) is -0.247. The monoisotopic (exact) mass is 520 g/mol. The third-order valence-corrected chi connectivity index (χ3v) is 6.92. The molecule has 4 nitrogen and oxygen atoms in total. The van der Waals surface area contributed by atoms with Crippen LogP contribution >= 0.6 is 28.1 Å². The zero-order chi connectivity index (χ0) is 23.1. The molecule has 1 N–H and O–H groups in total. The topological polar surface area (TPSA) is 33.1 Å². The number of aryl methyl sites for hydroxylation is 1. The normalized spacial score (nSPS) is 17.9. The smallest absolute Gasteiger partial charge is 0.174 e. The number of aromatic nitrogens is 2. The van der Waals surface area contributed by atoms with Crippen molar-refractivity contribution in [1.82, 2.24) is 14.9 Å². The molecule has 0 bridgehead atoms. The molecule has 0 spiro atoms. The molecule has 5 rings (SSSR count). The van der Waals surface area contributed by atoms with Crippen molar-refractivity contribution < 1.29 is 4.39 Å². The number of nitrogens with zero attached hydrogens (tertiary/aromatic N) is 3. The number of thiocarbonyl (C=S) groups is 1. The maximum absolute atomic E-state index is 13.6. The number of halogens is 2. The first-order valence-corrected chi connectivity index (χ1v) is 11.8. The Kier molecular flexibility index (Phi) is 5.76. The van der Waals surface area contributed by atoms with Gasteiger partial charge in [0.2, 0.25) is 0 Å². The number of benzene rings is 2. The molecule has 3 heterocycles. The molecular weight excluding hydrogens is 499 g/mol. The van der Waals surface area contributed by atoms with Gasteiger partial charge in [-0.3, -0.25) is 4.98 Å². The zero-order valence-electron chi connectivity index (χ0n) is 18.2. The van der Waals surface area contributed by atoms with E-state index in [-0.39, 0.29) is 17.9 Å². The van der Waals surface area contributed by atoms with Gasteiger partial charge in [0.25, 0.3) is 0 Å². The maximum Gasteiger partial charge on any atom is 0.174 e. The van der Waals surface area contributed by atoms with Crippen molar-refractivity contribution in [3.8, 4) is 5.69 Å². The molecule has 0 aliphatic carbocycles. The maximum atomic E-state index is 13.6. The summed E-state index contributed by atoms with van der Waals surface area (Å²) in [7, 11) is 0. The van der Waals surface area contributed by atoms with Crippen LogP contribution in [0, 0.1) is 19.7 Å². The molecule has 0 unspecified atom stereocenters. The fourth-order valence-corrected chi connectivity index (χ4v) is 5.24. The molecule has 7 heteroatoms. The highest BCUT2D eigenvalue weighted by molar-refractivity contribution is 9.10. The van der Waals surface area contributed by atoms with Crippen LogP contribution < -0.4 is 10.2 Å². The summed E-state index contributed by atoms with van der Waals surface area (Å²) in [5.41, 5.74) is 6.15. The first-order chi connectivity index (χ1) is 15.9. The number of pyridine rings is 1. The third-order valence-electron chi connectivity index (χ3n) is 6.08. The highest BCUT2D eigenvalue weighted by atomic mass is 79.9. The van der Waals surface area contributed by atoms with Crippen LogP contribution in [0.25, 0.3) is 5.69 Å². The zero-order valence-corrected chi connectivity index (χ0v) is 20.6. The Balaban J connectivity index is 1.67. The van der Waals surface area contributed by atoms with Crippen molar-refractivity contribution >= 4 is 38.9 Å². The lowest BCUT2D eigenvalue weighted by Crippen LogP contribution is -2.29. The summed E-state index contributed by atoms with van der Waals surface area (Å²) in [6.45, 7) is 4.17. The lowest BCUT2D eigenvalue weighted by Gasteiger charge is -2.28. The van der Waals surface area contributed by atoms with Crippen LogP contribution in [0.15, 0.2) is 83.5 Å². The molecule has 1 saturated heterocycles. The molecule has 33 heavy (non-hydrogen) atoms. The van der Waals surface area contributed by atoms with E-state index in [0.717, 1.165) is 38.5 Å². The second-order valence-electron chi connectivity index (χ2n) is 8.11. The van der Waals surface area contributed by atoms with Crippen LogP contribution in [-0.2, 0) is 0 Å². The molecular formula is C26H22BrFN4S. The van der Waals surface area contributed by atoms with Crippen LogP contribution in [0.5, 0.6) is 0 Å². The Morgan fingerprint density at radius 1 is 0.970 bits per heavy atom. The molecule has 2 aromatic carbocycles. The van der Waals surface area contributed by atoms with Gasteiger partial charge in [-0.05, 0) is 98.4 Å². The van der Waals surface area contributed by atoms with E-state index in [1.54, 1.807) is 18.3 Å². The first-order valence-electron chi connectivity index (χ1n) is 10.6. The molecule has 1 aliphatic rings. The van der Waals surface area contributed by atoms with Gasteiger partial charge in [-0.25, -0.2) is 4.39 Å². The van der Waals surface area contributed by atoms with Crippen LogP contribution in [0.4, 0.5) is 10.1 Å². The Morgan fingerprint density at radius 2 is 1.67 bits per heavy atom. The minimum absolute atomic E-state index is 0.103. The SMILES string of the molecule is Cc1cc([C@H]2[C@@H](c3ccccn3)NC(=S)N2c2ccc(Br)cc2)c(C)n1-c1ccc(F)cc1. The van der Waals surface area contributed by atoms with E-state index >= 15 is 0 Å². The van der Waals surface area contributed by atoms with E-state index in [0.29, 0.717) is 5.11 Å². The Morgan fingerprint density at radius 3 is 2.33 bits per heavy atom. The van der Waals surface area contributed by atoms with Crippen molar-refractivity contribution in [2.75, 3.05) is 4.90 Å². The number of hydrogen-bond donors (Lipinski definition) is 1. The number of hydrogen-bond acceptors (Lipinski definition) is 2. The summed E-state index contributed by atoms with van der Waals surface area (Å²) in [4.78, 5) is 6.80. The first kappa shape index (κ1) is 21.8. The van der Waals surface area contributed by atoms with E-state index in [1.807, 2.05) is 30.3 Å². The summed E-state index contributed by atoms with van der Waals surface area (Å²) >= 11 is 9.35. The van der Waals surface area contributed by atoms with Gasteiger partial charge in [0.15, 0.2) is 5.11 Å². The van der Waals surface area contributed by atoms with Gasteiger partial charge in [0.05, 0.1) is 17.8 Å². The molecule has 0 amide bonds. The van der Waals surface area contributed by atoms with Crippen LogP contribution in [0.2, 0.25) is 0 Å². The average Bonchev–Trinajstić information content (AvgIpc) is 3.31. The van der Waals surface area contributed by atoms with Gasteiger partial charge in [-0.2, -0.15) is 0 Å². The van der Waals surface area contributed by atoms with Crippen molar-refractivity contribution in [2.45, 2.75) is 25.9 Å². The fourth-order valence-electron chi connectivity index (χ4n) is 4.63. The highest BCUT2D eigenvalue weighted by Gasteiger charge is 2.42. The van der Waals surface area contributed by atoms with E-state index in [4.69, 9.17) is 12.2 Å². The quantitative estimate of drug-likeness (QED) is 0.308. The van der Waals surface area contributed by atoms with Crippen LogP contribution in [0.1, 0.15) is 34.7 Å². The lowest BCUT2D eigenvalue weighted by molar-refractivity contribution is 0.565. The molecule has 0 saturated carbocycles. The number of nitrogens with one attached hydrogen (secondary N) is 1. The van der Waals surface area contributed by atoms with Gasteiger partial charge < -0.3 is 14.8 Å². The summed E-state index contributed by atoms with van der Waals surface area (Å²) < 4.78 is 16.7. The standard InChI is InChI=1S/C26H22BrFN4S/c1-16-15-22(17(2)31(16)20-12-8-19(28)9-13-20)25-24(23-5-3-4-14-29-23)30-26(33)32(25)21-10-6-18(27)7-11-21/h3-15,24-25H,1-2H3,(H,30,33)/t24-,25+/m1/s1. The second kappa shape index (κ2) is 8.72. The van der Waals surface area contributed by atoms with E-state index in [1.165, 1.54) is 12.1 Å². The molecule has 4 aromatic rings. The molecule has 166 valence electrons.